The first-order valence-corrected chi connectivity index (χ1v) is 8.31. The van der Waals surface area contributed by atoms with E-state index in [9.17, 15) is 4.79 Å². The summed E-state index contributed by atoms with van der Waals surface area (Å²) < 4.78 is 16.1. The number of rotatable bonds is 5. The van der Waals surface area contributed by atoms with Gasteiger partial charge in [-0.05, 0) is 30.2 Å². The standard InChI is InChI=1S/C20H23NO4/c1-23-17-10-11-21(16-7-5-4-6-15(16)17)20(22)13-14-8-9-18(24-2)19(12-14)25-3/h4-9,12,17H,10-11,13H2,1-3H3. The summed E-state index contributed by atoms with van der Waals surface area (Å²) in [5, 5.41) is 0. The van der Waals surface area contributed by atoms with Gasteiger partial charge in [-0.25, -0.2) is 0 Å². The van der Waals surface area contributed by atoms with Crippen LogP contribution < -0.4 is 14.4 Å². The first kappa shape index (κ1) is 17.3. The Morgan fingerprint density at radius 1 is 1.08 bits per heavy atom. The molecule has 2 aromatic rings. The molecule has 0 spiro atoms. The lowest BCUT2D eigenvalue weighted by Crippen LogP contribution is -2.38. The number of methoxy groups -OCH3 is 3. The van der Waals surface area contributed by atoms with Crippen molar-refractivity contribution in [3.05, 3.63) is 53.6 Å². The molecule has 132 valence electrons. The molecular formula is C20H23NO4. The third-order valence-corrected chi connectivity index (χ3v) is 4.58. The van der Waals surface area contributed by atoms with Crippen molar-refractivity contribution in [3.63, 3.8) is 0 Å². The second-order valence-electron chi connectivity index (χ2n) is 5.98. The summed E-state index contributed by atoms with van der Waals surface area (Å²) in [5.74, 6) is 1.35. The largest absolute Gasteiger partial charge is 0.493 e. The van der Waals surface area contributed by atoms with Crippen molar-refractivity contribution in [3.8, 4) is 11.5 Å². The summed E-state index contributed by atoms with van der Waals surface area (Å²) in [5.41, 5.74) is 2.90. The zero-order chi connectivity index (χ0) is 17.8. The maximum absolute atomic E-state index is 12.9. The predicted molar refractivity (Wildman–Crippen MR) is 96.4 cm³/mol. The Morgan fingerprint density at radius 2 is 1.84 bits per heavy atom. The second-order valence-corrected chi connectivity index (χ2v) is 5.98. The van der Waals surface area contributed by atoms with Gasteiger partial charge in [-0.3, -0.25) is 4.79 Å². The van der Waals surface area contributed by atoms with Gasteiger partial charge in [-0.15, -0.1) is 0 Å². The van der Waals surface area contributed by atoms with E-state index < -0.39 is 0 Å². The Morgan fingerprint density at radius 3 is 2.56 bits per heavy atom. The van der Waals surface area contributed by atoms with E-state index in [4.69, 9.17) is 14.2 Å². The molecule has 5 heteroatoms. The van der Waals surface area contributed by atoms with Crippen molar-refractivity contribution in [2.24, 2.45) is 0 Å². The van der Waals surface area contributed by atoms with Gasteiger partial charge >= 0.3 is 0 Å². The van der Waals surface area contributed by atoms with Crippen LogP contribution >= 0.6 is 0 Å². The maximum atomic E-state index is 12.9. The molecule has 0 aliphatic carbocycles. The molecule has 0 radical (unpaired) electrons. The summed E-state index contributed by atoms with van der Waals surface area (Å²) in [6, 6.07) is 13.5. The van der Waals surface area contributed by atoms with Crippen LogP contribution in [-0.4, -0.2) is 33.8 Å². The molecule has 0 saturated heterocycles. The molecule has 0 N–H and O–H groups in total. The Hall–Kier alpha value is -2.53. The summed E-state index contributed by atoms with van der Waals surface area (Å²) in [6.07, 6.45) is 1.15. The van der Waals surface area contributed by atoms with Crippen LogP contribution in [0, 0.1) is 0 Å². The van der Waals surface area contributed by atoms with Gasteiger partial charge in [0.1, 0.15) is 0 Å². The first-order chi connectivity index (χ1) is 12.2. The van der Waals surface area contributed by atoms with Crippen molar-refractivity contribution in [1.29, 1.82) is 0 Å². The minimum atomic E-state index is 0.0429. The topological polar surface area (TPSA) is 48.0 Å². The van der Waals surface area contributed by atoms with Crippen LogP contribution in [0.15, 0.2) is 42.5 Å². The Labute approximate surface area is 148 Å². The average molecular weight is 341 g/mol. The van der Waals surface area contributed by atoms with Gasteiger partial charge in [0.2, 0.25) is 5.91 Å². The lowest BCUT2D eigenvalue weighted by atomic mass is 9.98. The summed E-state index contributed by atoms with van der Waals surface area (Å²) in [6.45, 7) is 0.654. The van der Waals surface area contributed by atoms with Gasteiger partial charge in [-0.1, -0.05) is 24.3 Å². The highest BCUT2D eigenvalue weighted by molar-refractivity contribution is 5.96. The summed E-state index contributed by atoms with van der Waals surface area (Å²) >= 11 is 0. The molecule has 1 aliphatic heterocycles. The molecule has 0 bridgehead atoms. The van der Waals surface area contributed by atoms with Gasteiger partial charge in [-0.2, -0.15) is 0 Å². The number of carbonyl (C=O) groups is 1. The van der Waals surface area contributed by atoms with Gasteiger partial charge < -0.3 is 19.1 Å². The highest BCUT2D eigenvalue weighted by Crippen LogP contribution is 2.36. The zero-order valence-corrected chi connectivity index (χ0v) is 14.8. The minimum absolute atomic E-state index is 0.0429. The summed E-state index contributed by atoms with van der Waals surface area (Å²) in [4.78, 5) is 14.7. The van der Waals surface area contributed by atoms with E-state index in [2.05, 4.69) is 0 Å². The maximum Gasteiger partial charge on any atom is 0.231 e. The number of fused-ring (bicyclic) bond motifs is 1. The molecule has 0 saturated carbocycles. The molecule has 1 heterocycles. The number of hydrogen-bond acceptors (Lipinski definition) is 4. The van der Waals surface area contributed by atoms with E-state index in [1.165, 1.54) is 0 Å². The molecular weight excluding hydrogens is 318 g/mol. The van der Waals surface area contributed by atoms with E-state index in [0.29, 0.717) is 24.5 Å². The van der Waals surface area contributed by atoms with Crippen molar-refractivity contribution in [2.45, 2.75) is 18.9 Å². The van der Waals surface area contributed by atoms with Crippen LogP contribution in [-0.2, 0) is 16.0 Å². The van der Waals surface area contributed by atoms with Gasteiger partial charge in [0.25, 0.3) is 0 Å². The molecule has 3 rings (SSSR count). The number of nitrogens with zero attached hydrogens (tertiary/aromatic N) is 1. The number of amides is 1. The van der Waals surface area contributed by atoms with Crippen LogP contribution in [0.4, 0.5) is 5.69 Å². The monoisotopic (exact) mass is 341 g/mol. The molecule has 1 aliphatic rings. The van der Waals surface area contributed by atoms with Crippen molar-refractivity contribution in [1.82, 2.24) is 0 Å². The van der Waals surface area contributed by atoms with Crippen molar-refractivity contribution in [2.75, 3.05) is 32.8 Å². The molecule has 0 fully saturated rings. The quantitative estimate of drug-likeness (QED) is 0.837. The highest BCUT2D eigenvalue weighted by atomic mass is 16.5. The van der Waals surface area contributed by atoms with Crippen LogP contribution in [0.2, 0.25) is 0 Å². The van der Waals surface area contributed by atoms with Crippen LogP contribution in [0.25, 0.3) is 0 Å². The number of anilines is 1. The molecule has 5 nitrogen and oxygen atoms in total. The Bertz CT molecular complexity index is 759. The molecule has 1 unspecified atom stereocenters. The fourth-order valence-electron chi connectivity index (χ4n) is 3.29. The smallest absolute Gasteiger partial charge is 0.231 e. The molecule has 1 atom stereocenters. The normalized spacial score (nSPS) is 16.3. The third-order valence-electron chi connectivity index (χ3n) is 4.58. The molecule has 0 aromatic heterocycles. The van der Waals surface area contributed by atoms with E-state index in [1.54, 1.807) is 21.3 Å². The highest BCUT2D eigenvalue weighted by Gasteiger charge is 2.28. The summed E-state index contributed by atoms with van der Waals surface area (Å²) in [7, 11) is 4.90. The van der Waals surface area contributed by atoms with E-state index in [0.717, 1.165) is 23.2 Å². The predicted octanol–water partition coefficient (Wildman–Crippen LogP) is 3.37. The Kier molecular flexibility index (Phi) is 5.24. The van der Waals surface area contributed by atoms with Crippen LogP contribution in [0.5, 0.6) is 11.5 Å². The number of benzene rings is 2. The molecule has 1 amide bonds. The third kappa shape index (κ3) is 3.46. The number of hydrogen-bond donors (Lipinski definition) is 0. The van der Waals surface area contributed by atoms with E-state index in [-0.39, 0.29) is 12.0 Å². The van der Waals surface area contributed by atoms with Crippen molar-refractivity contribution < 1.29 is 19.0 Å². The second kappa shape index (κ2) is 7.57. The molecule has 2 aromatic carbocycles. The van der Waals surface area contributed by atoms with Gasteiger partial charge in [0, 0.05) is 24.9 Å². The van der Waals surface area contributed by atoms with Gasteiger partial charge in [0.05, 0.1) is 26.7 Å². The van der Waals surface area contributed by atoms with E-state index >= 15 is 0 Å². The number of ether oxygens (including phenoxy) is 3. The first-order valence-electron chi connectivity index (χ1n) is 8.31. The van der Waals surface area contributed by atoms with Crippen LogP contribution in [0.1, 0.15) is 23.7 Å². The fraction of sp³-hybridized carbons (Fsp3) is 0.350. The van der Waals surface area contributed by atoms with E-state index in [1.807, 2.05) is 47.4 Å². The number of carbonyl (C=O) groups excluding carboxylic acids is 1. The Balaban J connectivity index is 1.82. The fourth-order valence-corrected chi connectivity index (χ4v) is 3.29. The minimum Gasteiger partial charge on any atom is -0.493 e. The SMILES string of the molecule is COc1ccc(CC(=O)N2CCC(OC)c3ccccc32)cc1OC. The average Bonchev–Trinajstić information content (AvgIpc) is 2.66. The molecule has 25 heavy (non-hydrogen) atoms. The van der Waals surface area contributed by atoms with Crippen LogP contribution in [0.3, 0.4) is 0 Å². The lowest BCUT2D eigenvalue weighted by Gasteiger charge is -2.33. The van der Waals surface area contributed by atoms with Crippen molar-refractivity contribution >= 4 is 11.6 Å². The number of para-hydroxylation sites is 1. The van der Waals surface area contributed by atoms with Gasteiger partial charge in [0.15, 0.2) is 11.5 Å². The zero-order valence-electron chi connectivity index (χ0n) is 14.8. The lowest BCUT2D eigenvalue weighted by molar-refractivity contribution is -0.118.